The number of hydrogen-bond acceptors (Lipinski definition) is 4. The molecule has 100 valence electrons. The van der Waals surface area contributed by atoms with Gasteiger partial charge < -0.3 is 0 Å². The summed E-state index contributed by atoms with van der Waals surface area (Å²) in [6, 6.07) is 12.7. The summed E-state index contributed by atoms with van der Waals surface area (Å²) in [4.78, 5) is 2.36. The summed E-state index contributed by atoms with van der Waals surface area (Å²) in [6.45, 7) is 2.20. The first-order valence-electron chi connectivity index (χ1n) is 6.85. The van der Waals surface area contributed by atoms with Crippen LogP contribution in [0, 0.1) is 0 Å². The molecule has 0 N–H and O–H groups in total. The minimum atomic E-state index is 0.275. The van der Waals surface area contributed by atoms with Crippen molar-refractivity contribution in [3.05, 3.63) is 36.4 Å². The zero-order valence-electron chi connectivity index (χ0n) is 11.0. The van der Waals surface area contributed by atoms with E-state index < -0.39 is 0 Å². The number of fused-ring (bicyclic) bond motifs is 1. The van der Waals surface area contributed by atoms with Gasteiger partial charge in [-0.05, 0) is 0 Å². The number of rotatable bonds is 2. The Bertz CT molecular complexity index is 732. The van der Waals surface area contributed by atoms with Crippen LogP contribution in [0.1, 0.15) is 12.8 Å². The predicted molar refractivity (Wildman–Crippen MR) is 81.2 cm³/mol. The normalized spacial score (nSPS) is 15.1. The first kappa shape index (κ1) is 12.1. The molecular weight excluding hydrogens is 315 g/mol. The second-order valence-corrected chi connectivity index (χ2v) is 7.21. The quantitative estimate of drug-likeness (QED) is 0.677. The zero-order chi connectivity index (χ0) is 13.4. The summed E-state index contributed by atoms with van der Waals surface area (Å²) >= 11 is 0.275. The Balaban J connectivity index is 1.85. The number of hydrogen-bond donors (Lipinski definition) is 0. The summed E-state index contributed by atoms with van der Waals surface area (Å²) in [7, 11) is 0. The van der Waals surface area contributed by atoms with Gasteiger partial charge in [-0.1, -0.05) is 0 Å². The fraction of sp³-hybridized carbons (Fsp3) is 0.267. The fourth-order valence-electron chi connectivity index (χ4n) is 2.65. The Hall–Kier alpha value is -1.71. The van der Waals surface area contributed by atoms with Gasteiger partial charge in [-0.15, -0.1) is 0 Å². The van der Waals surface area contributed by atoms with E-state index in [-0.39, 0.29) is 14.5 Å². The van der Waals surface area contributed by atoms with Crippen LogP contribution in [0.5, 0.6) is 0 Å². The van der Waals surface area contributed by atoms with E-state index in [4.69, 9.17) is 0 Å². The van der Waals surface area contributed by atoms with Crippen LogP contribution in [-0.2, 0) is 0 Å². The average Bonchev–Trinajstić information content (AvgIpc) is 3.17. The van der Waals surface area contributed by atoms with Crippen molar-refractivity contribution in [2.45, 2.75) is 12.8 Å². The van der Waals surface area contributed by atoms with Crippen molar-refractivity contribution >= 4 is 30.1 Å². The van der Waals surface area contributed by atoms with E-state index in [1.807, 2.05) is 0 Å². The fourth-order valence-corrected chi connectivity index (χ4v) is 4.98. The first-order valence-corrected chi connectivity index (χ1v) is 8.56. The summed E-state index contributed by atoms with van der Waals surface area (Å²) < 4.78 is 2.67. The average molecular weight is 329 g/mol. The van der Waals surface area contributed by atoms with Crippen molar-refractivity contribution < 1.29 is 0 Å². The molecule has 0 spiro atoms. The molecule has 0 atom stereocenters. The first-order chi connectivity index (χ1) is 9.92. The molecule has 20 heavy (non-hydrogen) atoms. The van der Waals surface area contributed by atoms with Gasteiger partial charge in [0.1, 0.15) is 0 Å². The molecule has 1 fully saturated rings. The molecule has 3 aromatic rings. The Kier molecular flexibility index (Phi) is 3.02. The Morgan fingerprint density at radius 1 is 1.00 bits per heavy atom. The van der Waals surface area contributed by atoms with Gasteiger partial charge in [-0.2, -0.15) is 0 Å². The van der Waals surface area contributed by atoms with Crippen molar-refractivity contribution in [3.8, 4) is 10.0 Å². The van der Waals surface area contributed by atoms with Crippen molar-refractivity contribution in [1.29, 1.82) is 0 Å². The third-order valence-corrected chi connectivity index (χ3v) is 6.12. The van der Waals surface area contributed by atoms with Gasteiger partial charge >= 0.3 is 123 Å². The van der Waals surface area contributed by atoms with Crippen molar-refractivity contribution in [2.24, 2.45) is 0 Å². The molecule has 3 heterocycles. The summed E-state index contributed by atoms with van der Waals surface area (Å²) in [5.41, 5.74) is 2.30. The predicted octanol–water partition coefficient (Wildman–Crippen LogP) is 2.35. The van der Waals surface area contributed by atoms with Gasteiger partial charge in [0.25, 0.3) is 0 Å². The number of benzene rings is 1. The van der Waals surface area contributed by atoms with Gasteiger partial charge in [-0.3, -0.25) is 0 Å². The van der Waals surface area contributed by atoms with Gasteiger partial charge in [0.2, 0.25) is 0 Å². The van der Waals surface area contributed by atoms with Crippen LogP contribution in [-0.4, -0.2) is 43.0 Å². The summed E-state index contributed by atoms with van der Waals surface area (Å²) in [5.74, 6) is 1.06. The topological polar surface area (TPSA) is 41.9 Å². The molecule has 1 aliphatic heterocycles. The zero-order valence-corrected chi connectivity index (χ0v) is 12.7. The third kappa shape index (κ3) is 2.03. The van der Waals surface area contributed by atoms with E-state index in [2.05, 4.69) is 56.7 Å². The third-order valence-electron chi connectivity index (χ3n) is 3.67. The van der Waals surface area contributed by atoms with Crippen LogP contribution in [0.2, 0.25) is 0 Å². The Morgan fingerprint density at radius 2 is 1.80 bits per heavy atom. The molecule has 0 bridgehead atoms. The van der Waals surface area contributed by atoms with Crippen molar-refractivity contribution in [3.63, 3.8) is 0 Å². The maximum absolute atomic E-state index is 4.31. The summed E-state index contributed by atoms with van der Waals surface area (Å²) in [6.07, 6.45) is 2.51. The molecule has 1 aliphatic rings. The van der Waals surface area contributed by atoms with Crippen LogP contribution in [0.15, 0.2) is 36.4 Å². The molecule has 4 rings (SSSR count). The second-order valence-electron chi connectivity index (χ2n) is 5.00. The molecule has 0 radical (unpaired) electrons. The molecule has 5 heteroatoms. The van der Waals surface area contributed by atoms with Crippen LogP contribution < -0.4 is 4.90 Å². The monoisotopic (exact) mass is 330 g/mol. The van der Waals surface area contributed by atoms with Crippen molar-refractivity contribution in [2.75, 3.05) is 18.0 Å². The van der Waals surface area contributed by atoms with E-state index in [0.29, 0.717) is 0 Å². The summed E-state index contributed by atoms with van der Waals surface area (Å²) in [5, 5.41) is 12.5. The number of nitrogens with zero attached hydrogens (tertiary/aromatic N) is 4. The van der Waals surface area contributed by atoms with Crippen LogP contribution >= 0.6 is 0 Å². The second kappa shape index (κ2) is 5.00. The molecule has 0 aliphatic carbocycles. The Labute approximate surface area is 123 Å². The molecular formula is C15H14N4Se. The van der Waals surface area contributed by atoms with E-state index in [0.717, 1.165) is 24.4 Å². The molecule has 4 nitrogen and oxygen atoms in total. The van der Waals surface area contributed by atoms with E-state index in [9.17, 15) is 0 Å². The Morgan fingerprint density at radius 3 is 2.60 bits per heavy atom. The van der Waals surface area contributed by atoms with E-state index in [1.54, 1.807) is 0 Å². The molecule has 0 unspecified atom stereocenters. The van der Waals surface area contributed by atoms with Crippen LogP contribution in [0.25, 0.3) is 19.8 Å². The van der Waals surface area contributed by atoms with E-state index >= 15 is 0 Å². The van der Waals surface area contributed by atoms with Crippen molar-refractivity contribution in [1.82, 2.24) is 15.4 Å². The maximum atomic E-state index is 4.31. The van der Waals surface area contributed by atoms with Gasteiger partial charge in [-0.25, -0.2) is 0 Å². The van der Waals surface area contributed by atoms with Crippen LogP contribution in [0.3, 0.4) is 0 Å². The van der Waals surface area contributed by atoms with Gasteiger partial charge in [0.05, 0.1) is 0 Å². The van der Waals surface area contributed by atoms with Gasteiger partial charge in [0.15, 0.2) is 0 Å². The molecule has 0 saturated carbocycles. The molecule has 2 aromatic heterocycles. The number of anilines is 1. The van der Waals surface area contributed by atoms with Crippen LogP contribution in [0.4, 0.5) is 5.82 Å². The number of aromatic nitrogens is 3. The SMILES string of the molecule is c1ccc(-c2cc3nnnc(N4CCCC4)c3[se]2)cc1. The van der Waals surface area contributed by atoms with E-state index in [1.165, 1.54) is 27.1 Å². The standard InChI is InChI=1S/C15H14N4Se/c1-2-6-11(7-3-1)13-10-12-14(20-13)15(17-18-16-12)19-8-4-5-9-19/h1-3,6-7,10H,4-5,8-9H2. The molecule has 1 aromatic carbocycles. The van der Waals surface area contributed by atoms with Gasteiger partial charge in [0, 0.05) is 0 Å². The molecule has 1 saturated heterocycles. The minimum absolute atomic E-state index is 0.275. The molecule has 0 amide bonds.